The molecule has 0 spiro atoms. The zero-order chi connectivity index (χ0) is 16.2. The topological polar surface area (TPSA) is 98.7 Å². The summed E-state index contributed by atoms with van der Waals surface area (Å²) >= 11 is 0. The number of hydrogen-bond donors (Lipinski definition) is 1. The van der Waals surface area contributed by atoms with Crippen LogP contribution in [0.5, 0.6) is 5.75 Å². The molecular weight excluding hydrogens is 274 g/mol. The van der Waals surface area contributed by atoms with Crippen LogP contribution in [0.4, 0.5) is 5.69 Å². The zero-order valence-corrected chi connectivity index (χ0v) is 12.8. The van der Waals surface area contributed by atoms with Gasteiger partial charge in [0.15, 0.2) is 5.75 Å². The van der Waals surface area contributed by atoms with Crippen LogP contribution in [0.15, 0.2) is 18.2 Å². The number of carbonyl (C=O) groups excluding carboxylic acids is 1. The van der Waals surface area contributed by atoms with Crippen molar-refractivity contribution in [2.75, 3.05) is 27.2 Å². The Balaban J connectivity index is 3.00. The second-order valence-corrected chi connectivity index (χ2v) is 5.67. The smallest absolute Gasteiger partial charge is 0.310 e. The molecule has 1 rings (SSSR count). The second kappa shape index (κ2) is 6.53. The normalized spacial score (nSPS) is 11.1. The molecule has 0 saturated heterocycles. The van der Waals surface area contributed by atoms with E-state index in [1.807, 2.05) is 13.8 Å². The van der Waals surface area contributed by atoms with E-state index in [1.165, 1.54) is 25.3 Å². The monoisotopic (exact) mass is 295 g/mol. The molecule has 0 atom stereocenters. The van der Waals surface area contributed by atoms with Crippen LogP contribution in [0, 0.1) is 15.5 Å². The zero-order valence-electron chi connectivity index (χ0n) is 12.8. The molecule has 0 aliphatic rings. The number of nitrogens with zero attached hydrogens (tertiary/aromatic N) is 2. The van der Waals surface area contributed by atoms with Gasteiger partial charge in [0, 0.05) is 31.3 Å². The highest BCUT2D eigenvalue weighted by Crippen LogP contribution is 2.28. The number of hydrogen-bond acceptors (Lipinski definition) is 5. The van der Waals surface area contributed by atoms with Crippen molar-refractivity contribution in [3.63, 3.8) is 0 Å². The van der Waals surface area contributed by atoms with Crippen molar-refractivity contribution in [3.8, 4) is 5.75 Å². The van der Waals surface area contributed by atoms with E-state index in [0.29, 0.717) is 18.7 Å². The summed E-state index contributed by atoms with van der Waals surface area (Å²) in [6.07, 6.45) is 0. The number of ether oxygens (including phenoxy) is 1. The molecule has 0 unspecified atom stereocenters. The first-order valence-corrected chi connectivity index (χ1v) is 6.50. The van der Waals surface area contributed by atoms with Crippen molar-refractivity contribution in [3.05, 3.63) is 33.9 Å². The Kier molecular flexibility index (Phi) is 5.26. The minimum Gasteiger partial charge on any atom is -0.490 e. The molecule has 1 aromatic carbocycles. The average molecular weight is 295 g/mol. The maximum Gasteiger partial charge on any atom is 0.310 e. The minimum absolute atomic E-state index is 0.0670. The van der Waals surface area contributed by atoms with Crippen LogP contribution in [-0.2, 0) is 0 Å². The molecule has 0 bridgehead atoms. The lowest BCUT2D eigenvalue weighted by atomic mass is 9.93. The van der Waals surface area contributed by atoms with E-state index < -0.39 is 4.92 Å². The van der Waals surface area contributed by atoms with Crippen LogP contribution in [0.3, 0.4) is 0 Å². The Morgan fingerprint density at radius 3 is 2.57 bits per heavy atom. The van der Waals surface area contributed by atoms with E-state index in [9.17, 15) is 14.9 Å². The third-order valence-electron chi connectivity index (χ3n) is 3.19. The lowest BCUT2D eigenvalue weighted by Crippen LogP contribution is -2.39. The Hall–Kier alpha value is -2.15. The molecule has 1 aromatic rings. The Labute approximate surface area is 123 Å². The first-order chi connectivity index (χ1) is 9.71. The minimum atomic E-state index is -0.547. The molecule has 7 heteroatoms. The third-order valence-corrected chi connectivity index (χ3v) is 3.19. The lowest BCUT2D eigenvalue weighted by molar-refractivity contribution is -0.385. The van der Waals surface area contributed by atoms with Crippen molar-refractivity contribution >= 4 is 11.6 Å². The number of rotatable bonds is 6. The maximum absolute atomic E-state index is 12.3. The van der Waals surface area contributed by atoms with Crippen molar-refractivity contribution < 1.29 is 14.5 Å². The predicted octanol–water partition coefficient (Wildman–Crippen LogP) is 1.66. The predicted molar refractivity (Wildman–Crippen MR) is 79.4 cm³/mol. The van der Waals surface area contributed by atoms with Gasteiger partial charge in [0.2, 0.25) is 0 Å². The molecule has 0 fully saturated rings. The van der Waals surface area contributed by atoms with Crippen LogP contribution in [-0.4, -0.2) is 43.0 Å². The Morgan fingerprint density at radius 2 is 2.10 bits per heavy atom. The van der Waals surface area contributed by atoms with Gasteiger partial charge in [-0.1, -0.05) is 13.8 Å². The van der Waals surface area contributed by atoms with Gasteiger partial charge < -0.3 is 15.4 Å². The fourth-order valence-electron chi connectivity index (χ4n) is 1.96. The SMILES string of the molecule is COc1cc(C(=O)N(C)CC(C)(C)CN)ccc1[N+](=O)[O-]. The number of methoxy groups -OCH3 is 1. The summed E-state index contributed by atoms with van der Waals surface area (Å²) in [4.78, 5) is 24.2. The largest absolute Gasteiger partial charge is 0.490 e. The fourth-order valence-corrected chi connectivity index (χ4v) is 1.96. The van der Waals surface area contributed by atoms with Crippen molar-refractivity contribution in [1.29, 1.82) is 0 Å². The molecule has 0 aliphatic heterocycles. The highest BCUT2D eigenvalue weighted by atomic mass is 16.6. The summed E-state index contributed by atoms with van der Waals surface area (Å²) in [7, 11) is 3.01. The highest BCUT2D eigenvalue weighted by Gasteiger charge is 2.23. The Morgan fingerprint density at radius 1 is 1.48 bits per heavy atom. The molecule has 7 nitrogen and oxygen atoms in total. The fraction of sp³-hybridized carbons (Fsp3) is 0.500. The first kappa shape index (κ1) is 16.9. The van der Waals surface area contributed by atoms with Gasteiger partial charge in [0.05, 0.1) is 12.0 Å². The molecule has 0 heterocycles. The summed E-state index contributed by atoms with van der Waals surface area (Å²) in [6, 6.07) is 4.08. The van der Waals surface area contributed by atoms with E-state index in [1.54, 1.807) is 11.9 Å². The molecule has 116 valence electrons. The Bertz CT molecular complexity index is 543. The summed E-state index contributed by atoms with van der Waals surface area (Å²) in [5, 5.41) is 10.8. The van der Waals surface area contributed by atoms with Crippen molar-refractivity contribution in [1.82, 2.24) is 4.90 Å². The number of benzene rings is 1. The van der Waals surface area contributed by atoms with Gasteiger partial charge >= 0.3 is 5.69 Å². The standard InChI is InChI=1S/C14H21N3O4/c1-14(2,8-15)9-16(3)13(18)10-5-6-11(17(19)20)12(7-10)21-4/h5-7H,8-9,15H2,1-4H3. The number of nitro groups is 1. The molecule has 1 amide bonds. The summed E-state index contributed by atoms with van der Waals surface area (Å²) in [6.45, 7) is 4.87. The number of carbonyl (C=O) groups is 1. The van der Waals surface area contributed by atoms with Crippen LogP contribution in [0.25, 0.3) is 0 Å². The number of nitrogens with two attached hydrogens (primary N) is 1. The quantitative estimate of drug-likeness (QED) is 0.635. The van der Waals surface area contributed by atoms with Gasteiger partial charge in [-0.15, -0.1) is 0 Å². The lowest BCUT2D eigenvalue weighted by Gasteiger charge is -2.29. The molecule has 2 N–H and O–H groups in total. The van der Waals surface area contributed by atoms with Gasteiger partial charge in [-0.05, 0) is 18.0 Å². The van der Waals surface area contributed by atoms with E-state index >= 15 is 0 Å². The van der Waals surface area contributed by atoms with Gasteiger partial charge in [0.1, 0.15) is 0 Å². The number of amides is 1. The van der Waals surface area contributed by atoms with Gasteiger partial charge in [-0.3, -0.25) is 14.9 Å². The van der Waals surface area contributed by atoms with E-state index in [-0.39, 0.29) is 22.8 Å². The van der Waals surface area contributed by atoms with Crippen LogP contribution in [0.1, 0.15) is 24.2 Å². The summed E-state index contributed by atoms with van der Waals surface area (Å²) in [5.41, 5.74) is 5.63. The molecule has 0 radical (unpaired) electrons. The van der Waals surface area contributed by atoms with Gasteiger partial charge in [0.25, 0.3) is 5.91 Å². The molecule has 0 aromatic heterocycles. The van der Waals surface area contributed by atoms with Crippen LogP contribution in [0.2, 0.25) is 0 Å². The van der Waals surface area contributed by atoms with E-state index in [4.69, 9.17) is 10.5 Å². The molecule has 0 saturated carbocycles. The third kappa shape index (κ3) is 4.16. The molecular formula is C14H21N3O4. The highest BCUT2D eigenvalue weighted by molar-refractivity contribution is 5.95. The summed E-state index contributed by atoms with van der Waals surface area (Å²) in [5.74, 6) is -0.165. The van der Waals surface area contributed by atoms with Crippen molar-refractivity contribution in [2.24, 2.45) is 11.1 Å². The van der Waals surface area contributed by atoms with Gasteiger partial charge in [-0.25, -0.2) is 0 Å². The molecule has 21 heavy (non-hydrogen) atoms. The second-order valence-electron chi connectivity index (χ2n) is 5.67. The first-order valence-electron chi connectivity index (χ1n) is 6.50. The van der Waals surface area contributed by atoms with Gasteiger partial charge in [-0.2, -0.15) is 0 Å². The molecule has 0 aliphatic carbocycles. The van der Waals surface area contributed by atoms with Crippen molar-refractivity contribution in [2.45, 2.75) is 13.8 Å². The summed E-state index contributed by atoms with van der Waals surface area (Å²) < 4.78 is 4.97. The average Bonchev–Trinajstić information content (AvgIpc) is 2.45. The van der Waals surface area contributed by atoms with E-state index in [0.717, 1.165) is 0 Å². The van der Waals surface area contributed by atoms with E-state index in [2.05, 4.69) is 0 Å². The van der Waals surface area contributed by atoms with Crippen LogP contribution < -0.4 is 10.5 Å². The number of nitro benzene ring substituents is 1. The van der Waals surface area contributed by atoms with Crippen LogP contribution >= 0.6 is 0 Å². The maximum atomic E-state index is 12.3.